The van der Waals surface area contributed by atoms with Crippen LogP contribution in [-0.4, -0.2) is 17.6 Å². The maximum Gasteiger partial charge on any atom is 0.0456 e. The Morgan fingerprint density at radius 1 is 1.11 bits per heavy atom. The van der Waals surface area contributed by atoms with Crippen LogP contribution in [0, 0.1) is 11.8 Å². The highest BCUT2D eigenvalue weighted by atomic mass is 14.9. The van der Waals surface area contributed by atoms with Gasteiger partial charge in [0.25, 0.3) is 0 Å². The summed E-state index contributed by atoms with van der Waals surface area (Å²) in [5.74, 6) is 1.99. The highest BCUT2D eigenvalue weighted by Crippen LogP contribution is 2.44. The summed E-state index contributed by atoms with van der Waals surface area (Å²) in [5.41, 5.74) is 2.71. The Morgan fingerprint density at radius 3 is 2.58 bits per heavy atom. The van der Waals surface area contributed by atoms with Crippen molar-refractivity contribution in [2.45, 2.75) is 38.1 Å². The summed E-state index contributed by atoms with van der Waals surface area (Å²) in [4.78, 5) is 3.37. The van der Waals surface area contributed by atoms with Gasteiger partial charge in [-0.05, 0) is 62.1 Å². The van der Waals surface area contributed by atoms with E-state index in [2.05, 4.69) is 40.8 Å². The van der Waals surface area contributed by atoms with E-state index in [1.54, 1.807) is 0 Å². The fourth-order valence-corrected chi connectivity index (χ4v) is 3.34. The monoisotopic (exact) mass is 254 g/mol. The number of nitrogens with one attached hydrogen (secondary N) is 2. The lowest BCUT2D eigenvalue weighted by Crippen LogP contribution is -2.34. The normalized spacial score (nSPS) is 19.4. The molecule has 0 bridgehead atoms. The Morgan fingerprint density at radius 2 is 1.84 bits per heavy atom. The van der Waals surface area contributed by atoms with Crippen LogP contribution < -0.4 is 5.32 Å². The predicted octanol–water partition coefficient (Wildman–Crippen LogP) is 3.49. The van der Waals surface area contributed by atoms with Crippen molar-refractivity contribution in [3.63, 3.8) is 0 Å². The molecule has 2 aliphatic carbocycles. The Kier molecular flexibility index (Phi) is 2.84. The van der Waals surface area contributed by atoms with E-state index >= 15 is 0 Å². The maximum atomic E-state index is 3.83. The van der Waals surface area contributed by atoms with Crippen molar-refractivity contribution >= 4 is 10.9 Å². The summed E-state index contributed by atoms with van der Waals surface area (Å²) in [6, 6.07) is 9.43. The lowest BCUT2D eigenvalue weighted by atomic mass is 10.1. The number of hydrogen-bond donors (Lipinski definition) is 2. The van der Waals surface area contributed by atoms with Gasteiger partial charge in [-0.25, -0.2) is 0 Å². The minimum atomic E-state index is 0.824. The van der Waals surface area contributed by atoms with Gasteiger partial charge in [-0.1, -0.05) is 18.2 Å². The summed E-state index contributed by atoms with van der Waals surface area (Å²) in [5, 5.41) is 5.22. The molecular weight excluding hydrogens is 232 g/mol. The van der Waals surface area contributed by atoms with Crippen molar-refractivity contribution < 1.29 is 0 Å². The summed E-state index contributed by atoms with van der Waals surface area (Å²) in [7, 11) is 0. The molecule has 2 heteroatoms. The van der Waals surface area contributed by atoms with Gasteiger partial charge in [-0.2, -0.15) is 0 Å². The third-order valence-electron chi connectivity index (χ3n) is 4.71. The Hall–Kier alpha value is -1.28. The molecular formula is C17H22N2. The number of fused-ring (bicyclic) bond motifs is 1. The van der Waals surface area contributed by atoms with E-state index in [1.807, 2.05) is 0 Å². The molecule has 0 aliphatic heterocycles. The van der Waals surface area contributed by atoms with Crippen LogP contribution in [0.15, 0.2) is 30.5 Å². The molecule has 100 valence electrons. The summed E-state index contributed by atoms with van der Waals surface area (Å²) < 4.78 is 0. The van der Waals surface area contributed by atoms with Crippen molar-refractivity contribution in [2.75, 3.05) is 6.54 Å². The van der Waals surface area contributed by atoms with Crippen molar-refractivity contribution in [3.05, 3.63) is 36.0 Å². The van der Waals surface area contributed by atoms with Gasteiger partial charge in [0.2, 0.25) is 0 Å². The third-order valence-corrected chi connectivity index (χ3v) is 4.71. The number of aromatic nitrogens is 1. The first-order chi connectivity index (χ1) is 9.42. The van der Waals surface area contributed by atoms with Gasteiger partial charge in [0.1, 0.15) is 0 Å². The molecule has 2 saturated carbocycles. The molecule has 0 unspecified atom stereocenters. The van der Waals surface area contributed by atoms with E-state index in [4.69, 9.17) is 0 Å². The van der Waals surface area contributed by atoms with Crippen LogP contribution in [0.2, 0.25) is 0 Å². The molecule has 2 aliphatic rings. The molecule has 2 fully saturated rings. The van der Waals surface area contributed by atoms with Gasteiger partial charge in [0.15, 0.2) is 0 Å². The number of hydrogen-bond acceptors (Lipinski definition) is 1. The Bertz CT molecular complexity index is 551. The van der Waals surface area contributed by atoms with Gasteiger partial charge in [-0.3, -0.25) is 0 Å². The average molecular weight is 254 g/mol. The van der Waals surface area contributed by atoms with Gasteiger partial charge < -0.3 is 10.3 Å². The molecule has 0 radical (unpaired) electrons. The van der Waals surface area contributed by atoms with Crippen LogP contribution in [0.1, 0.15) is 31.2 Å². The summed E-state index contributed by atoms with van der Waals surface area (Å²) in [6.45, 7) is 1.12. The lowest BCUT2D eigenvalue weighted by molar-refractivity contribution is 0.420. The maximum absolute atomic E-state index is 3.83. The minimum Gasteiger partial charge on any atom is -0.361 e. The first kappa shape index (κ1) is 11.5. The molecule has 0 spiro atoms. The highest BCUT2D eigenvalue weighted by Gasteiger charge is 2.40. The topological polar surface area (TPSA) is 27.8 Å². The van der Waals surface area contributed by atoms with Crippen LogP contribution in [0.25, 0.3) is 10.9 Å². The van der Waals surface area contributed by atoms with Crippen molar-refractivity contribution in [1.82, 2.24) is 10.3 Å². The molecule has 1 aromatic carbocycles. The number of H-pyrrole nitrogens is 1. The molecule has 4 rings (SSSR count). The largest absolute Gasteiger partial charge is 0.361 e. The summed E-state index contributed by atoms with van der Waals surface area (Å²) >= 11 is 0. The molecule has 19 heavy (non-hydrogen) atoms. The second-order valence-electron chi connectivity index (χ2n) is 6.26. The van der Waals surface area contributed by atoms with Crippen LogP contribution in [-0.2, 0) is 6.42 Å². The third kappa shape index (κ3) is 2.42. The highest BCUT2D eigenvalue weighted by molar-refractivity contribution is 5.83. The van der Waals surface area contributed by atoms with E-state index in [0.717, 1.165) is 30.8 Å². The van der Waals surface area contributed by atoms with E-state index in [9.17, 15) is 0 Å². The van der Waals surface area contributed by atoms with E-state index < -0.39 is 0 Å². The molecule has 0 amide bonds. The minimum absolute atomic E-state index is 0.824. The zero-order chi connectivity index (χ0) is 12.7. The van der Waals surface area contributed by atoms with E-state index in [-0.39, 0.29) is 0 Å². The number of rotatable bonds is 6. The SMILES string of the molecule is c1ccc2c(CCNC(C3CC3)C3CC3)c[nH]c2c1. The fourth-order valence-electron chi connectivity index (χ4n) is 3.34. The van der Waals surface area contributed by atoms with Crippen molar-refractivity contribution in [2.24, 2.45) is 11.8 Å². The standard InChI is InChI=1S/C17H22N2/c1-2-4-16-15(3-1)14(11-19-16)9-10-18-17(12-5-6-12)13-7-8-13/h1-4,11-13,17-19H,5-10H2. The van der Waals surface area contributed by atoms with Crippen LogP contribution in [0.3, 0.4) is 0 Å². The molecule has 2 nitrogen and oxygen atoms in total. The average Bonchev–Trinajstić information content (AvgIpc) is 3.34. The molecule has 0 saturated heterocycles. The molecule has 1 heterocycles. The van der Waals surface area contributed by atoms with E-state index in [1.165, 1.54) is 42.1 Å². The second-order valence-corrected chi connectivity index (χ2v) is 6.26. The smallest absolute Gasteiger partial charge is 0.0456 e. The fraction of sp³-hybridized carbons (Fsp3) is 0.529. The lowest BCUT2D eigenvalue weighted by Gasteiger charge is -2.17. The van der Waals surface area contributed by atoms with Gasteiger partial charge in [-0.15, -0.1) is 0 Å². The van der Waals surface area contributed by atoms with Gasteiger partial charge in [0, 0.05) is 23.1 Å². The van der Waals surface area contributed by atoms with Gasteiger partial charge >= 0.3 is 0 Å². The zero-order valence-electron chi connectivity index (χ0n) is 11.4. The van der Waals surface area contributed by atoms with Crippen LogP contribution >= 0.6 is 0 Å². The number of para-hydroxylation sites is 1. The quantitative estimate of drug-likeness (QED) is 0.811. The van der Waals surface area contributed by atoms with Gasteiger partial charge in [0.05, 0.1) is 0 Å². The van der Waals surface area contributed by atoms with Crippen molar-refractivity contribution in [3.8, 4) is 0 Å². The van der Waals surface area contributed by atoms with Crippen LogP contribution in [0.4, 0.5) is 0 Å². The molecule has 2 aromatic rings. The van der Waals surface area contributed by atoms with Crippen molar-refractivity contribution in [1.29, 1.82) is 0 Å². The zero-order valence-corrected chi connectivity index (χ0v) is 11.4. The predicted molar refractivity (Wildman–Crippen MR) is 79.2 cm³/mol. The molecule has 1 aromatic heterocycles. The Labute approximate surface area is 114 Å². The number of aromatic amines is 1. The Balaban J connectivity index is 1.39. The summed E-state index contributed by atoms with van der Waals surface area (Å²) in [6.07, 6.45) is 9.15. The molecule has 0 atom stereocenters. The first-order valence-corrected chi connectivity index (χ1v) is 7.70. The second kappa shape index (κ2) is 4.68. The molecule has 2 N–H and O–H groups in total. The van der Waals surface area contributed by atoms with Crippen LogP contribution in [0.5, 0.6) is 0 Å². The van der Waals surface area contributed by atoms with E-state index in [0.29, 0.717) is 0 Å². The first-order valence-electron chi connectivity index (χ1n) is 7.70. The number of benzene rings is 1.